The molecule has 0 saturated carbocycles. The Kier molecular flexibility index (Phi) is 4.23. The van der Waals surface area contributed by atoms with Crippen LogP contribution in [0.5, 0.6) is 0 Å². The third kappa shape index (κ3) is 2.69. The number of fused-ring (bicyclic) bond motifs is 3. The first-order valence-electron chi connectivity index (χ1n) is 9.28. The lowest BCUT2D eigenvalue weighted by Crippen LogP contribution is -2.48. The fraction of sp³-hybridized carbons (Fsp3) is 0.409. The second-order valence-corrected chi connectivity index (χ2v) is 7.86. The molecule has 1 N–H and O–H groups in total. The van der Waals surface area contributed by atoms with Crippen LogP contribution in [-0.2, 0) is 4.74 Å². The van der Waals surface area contributed by atoms with E-state index in [-0.39, 0.29) is 30.2 Å². The lowest BCUT2D eigenvalue weighted by atomic mass is 9.98. The number of carbonyl (C=O) groups excluding carboxylic acids is 1. The number of hydrogen-bond donors (Lipinski definition) is 1. The van der Waals surface area contributed by atoms with Gasteiger partial charge in [-0.25, -0.2) is 4.79 Å². The SMILES string of the molecule is CC1(C)CCC(CO)N1C(=O)OCC1c2ccccc2-c2ccccc21. The fourth-order valence-corrected chi connectivity index (χ4v) is 4.50. The average molecular weight is 351 g/mol. The molecule has 136 valence electrons. The van der Waals surface area contributed by atoms with E-state index in [0.29, 0.717) is 6.61 Å². The Morgan fingerprint density at radius 3 is 2.27 bits per heavy atom. The van der Waals surface area contributed by atoms with Gasteiger partial charge in [-0.1, -0.05) is 48.5 Å². The van der Waals surface area contributed by atoms with Crippen LogP contribution in [0.3, 0.4) is 0 Å². The summed E-state index contributed by atoms with van der Waals surface area (Å²) in [6.45, 7) is 4.36. The summed E-state index contributed by atoms with van der Waals surface area (Å²) in [7, 11) is 0. The van der Waals surface area contributed by atoms with Crippen LogP contribution < -0.4 is 0 Å². The number of rotatable bonds is 3. The highest BCUT2D eigenvalue weighted by Crippen LogP contribution is 2.44. The molecule has 4 rings (SSSR count). The van der Waals surface area contributed by atoms with Crippen molar-refractivity contribution in [3.8, 4) is 11.1 Å². The number of aliphatic hydroxyl groups is 1. The molecule has 4 heteroatoms. The highest BCUT2D eigenvalue weighted by atomic mass is 16.6. The maximum Gasteiger partial charge on any atom is 0.410 e. The predicted molar refractivity (Wildman–Crippen MR) is 101 cm³/mol. The van der Waals surface area contributed by atoms with Crippen molar-refractivity contribution in [1.82, 2.24) is 4.90 Å². The van der Waals surface area contributed by atoms with Gasteiger partial charge in [0.15, 0.2) is 0 Å². The Hall–Kier alpha value is -2.33. The first-order chi connectivity index (χ1) is 12.5. The van der Waals surface area contributed by atoms with E-state index in [4.69, 9.17) is 4.74 Å². The first-order valence-corrected chi connectivity index (χ1v) is 9.28. The molecule has 0 aromatic heterocycles. The zero-order valence-corrected chi connectivity index (χ0v) is 15.3. The molecule has 1 fully saturated rings. The van der Waals surface area contributed by atoms with Gasteiger partial charge in [-0.2, -0.15) is 0 Å². The van der Waals surface area contributed by atoms with Gasteiger partial charge in [0.1, 0.15) is 6.61 Å². The molecule has 0 bridgehead atoms. The maximum atomic E-state index is 12.8. The van der Waals surface area contributed by atoms with Crippen molar-refractivity contribution in [2.75, 3.05) is 13.2 Å². The van der Waals surface area contributed by atoms with Crippen LogP contribution in [0.2, 0.25) is 0 Å². The smallest absolute Gasteiger partial charge is 0.410 e. The van der Waals surface area contributed by atoms with E-state index in [1.807, 2.05) is 38.1 Å². The van der Waals surface area contributed by atoms with E-state index in [2.05, 4.69) is 24.3 Å². The van der Waals surface area contributed by atoms with E-state index in [1.165, 1.54) is 22.3 Å². The summed E-state index contributed by atoms with van der Waals surface area (Å²) in [4.78, 5) is 14.5. The van der Waals surface area contributed by atoms with Crippen molar-refractivity contribution in [1.29, 1.82) is 0 Å². The average Bonchev–Trinajstić information content (AvgIpc) is 3.13. The lowest BCUT2D eigenvalue weighted by molar-refractivity contribution is 0.0487. The Labute approximate surface area is 154 Å². The molecular formula is C22H25NO3. The number of hydrogen-bond acceptors (Lipinski definition) is 3. The summed E-state index contributed by atoms with van der Waals surface area (Å²) in [5, 5.41) is 9.61. The zero-order chi connectivity index (χ0) is 18.3. The largest absolute Gasteiger partial charge is 0.448 e. The molecule has 2 aliphatic rings. The standard InChI is InChI=1S/C22H25NO3/c1-22(2)12-11-15(13-24)23(22)21(25)26-14-20-18-9-5-3-7-16(18)17-8-4-6-10-19(17)20/h3-10,15,20,24H,11-14H2,1-2H3. The van der Waals surface area contributed by atoms with Gasteiger partial charge >= 0.3 is 6.09 Å². The predicted octanol–water partition coefficient (Wildman–Crippen LogP) is 4.17. The molecule has 1 amide bonds. The van der Waals surface area contributed by atoms with Crippen molar-refractivity contribution < 1.29 is 14.6 Å². The molecule has 0 radical (unpaired) electrons. The maximum absolute atomic E-state index is 12.8. The summed E-state index contributed by atoms with van der Waals surface area (Å²) < 4.78 is 5.77. The Morgan fingerprint density at radius 2 is 1.69 bits per heavy atom. The van der Waals surface area contributed by atoms with Crippen molar-refractivity contribution in [2.24, 2.45) is 0 Å². The van der Waals surface area contributed by atoms with E-state index in [0.717, 1.165) is 12.8 Å². The van der Waals surface area contributed by atoms with Gasteiger partial charge in [-0.05, 0) is 48.9 Å². The van der Waals surface area contributed by atoms with Gasteiger partial charge in [0.2, 0.25) is 0 Å². The van der Waals surface area contributed by atoms with Crippen LogP contribution in [0.1, 0.15) is 43.7 Å². The van der Waals surface area contributed by atoms with E-state index in [1.54, 1.807) is 4.90 Å². The van der Waals surface area contributed by atoms with Gasteiger partial charge < -0.3 is 9.84 Å². The normalized spacial score (nSPS) is 20.7. The minimum Gasteiger partial charge on any atom is -0.448 e. The highest BCUT2D eigenvalue weighted by Gasteiger charge is 2.43. The lowest BCUT2D eigenvalue weighted by Gasteiger charge is -2.34. The minimum absolute atomic E-state index is 0.0202. The van der Waals surface area contributed by atoms with Crippen molar-refractivity contribution in [3.63, 3.8) is 0 Å². The van der Waals surface area contributed by atoms with E-state index >= 15 is 0 Å². The zero-order valence-electron chi connectivity index (χ0n) is 15.3. The molecule has 1 aliphatic heterocycles. The number of likely N-dealkylation sites (tertiary alicyclic amines) is 1. The molecule has 1 atom stereocenters. The first kappa shape index (κ1) is 17.1. The Balaban J connectivity index is 1.56. The molecule has 1 saturated heterocycles. The summed E-state index contributed by atoms with van der Waals surface area (Å²) in [6.07, 6.45) is 1.37. The molecule has 4 nitrogen and oxygen atoms in total. The van der Waals surface area contributed by atoms with Crippen LogP contribution >= 0.6 is 0 Å². The second-order valence-electron chi connectivity index (χ2n) is 7.86. The molecule has 2 aromatic carbocycles. The quantitative estimate of drug-likeness (QED) is 0.903. The van der Waals surface area contributed by atoms with Gasteiger partial charge in [-0.15, -0.1) is 0 Å². The van der Waals surface area contributed by atoms with Crippen molar-refractivity contribution in [3.05, 3.63) is 59.7 Å². The molecule has 1 unspecified atom stereocenters. The molecule has 2 aromatic rings. The number of nitrogens with zero attached hydrogens (tertiary/aromatic N) is 1. The Morgan fingerprint density at radius 1 is 1.12 bits per heavy atom. The number of benzene rings is 2. The molecule has 26 heavy (non-hydrogen) atoms. The summed E-state index contributed by atoms with van der Waals surface area (Å²) in [6, 6.07) is 16.5. The molecule has 0 spiro atoms. The number of carbonyl (C=O) groups is 1. The second kappa shape index (κ2) is 6.44. The molecule has 1 aliphatic carbocycles. The fourth-order valence-electron chi connectivity index (χ4n) is 4.50. The van der Waals surface area contributed by atoms with Crippen molar-refractivity contribution >= 4 is 6.09 Å². The topological polar surface area (TPSA) is 49.8 Å². The van der Waals surface area contributed by atoms with Gasteiger partial charge in [0, 0.05) is 11.5 Å². The third-order valence-electron chi connectivity index (χ3n) is 5.85. The van der Waals surface area contributed by atoms with E-state index in [9.17, 15) is 9.90 Å². The monoisotopic (exact) mass is 351 g/mol. The number of ether oxygens (including phenoxy) is 1. The summed E-state index contributed by atoms with van der Waals surface area (Å²) in [5.74, 6) is 0.0599. The summed E-state index contributed by atoms with van der Waals surface area (Å²) in [5.41, 5.74) is 4.58. The van der Waals surface area contributed by atoms with Gasteiger partial charge in [0.25, 0.3) is 0 Å². The molecular weight excluding hydrogens is 326 g/mol. The Bertz CT molecular complexity index is 784. The van der Waals surface area contributed by atoms with Gasteiger partial charge in [0.05, 0.1) is 12.6 Å². The van der Waals surface area contributed by atoms with E-state index < -0.39 is 0 Å². The number of amides is 1. The highest BCUT2D eigenvalue weighted by molar-refractivity contribution is 5.79. The van der Waals surface area contributed by atoms with Crippen LogP contribution in [0.4, 0.5) is 4.79 Å². The molecule has 1 heterocycles. The van der Waals surface area contributed by atoms with Crippen LogP contribution in [0.25, 0.3) is 11.1 Å². The van der Waals surface area contributed by atoms with Crippen LogP contribution in [0, 0.1) is 0 Å². The number of aliphatic hydroxyl groups excluding tert-OH is 1. The summed E-state index contributed by atoms with van der Waals surface area (Å²) >= 11 is 0. The minimum atomic E-state index is -0.326. The van der Waals surface area contributed by atoms with Crippen LogP contribution in [0.15, 0.2) is 48.5 Å². The van der Waals surface area contributed by atoms with Gasteiger partial charge in [-0.3, -0.25) is 4.90 Å². The van der Waals surface area contributed by atoms with Crippen molar-refractivity contribution in [2.45, 2.75) is 44.2 Å². The third-order valence-corrected chi connectivity index (χ3v) is 5.85. The van der Waals surface area contributed by atoms with Crippen LogP contribution in [-0.4, -0.2) is 40.9 Å².